The molecule has 0 bridgehead atoms. The number of hydrogen-bond donors (Lipinski definition) is 0. The van der Waals surface area contributed by atoms with Crippen molar-refractivity contribution in [2.45, 2.75) is 19.1 Å². The van der Waals surface area contributed by atoms with Gasteiger partial charge in [-0.05, 0) is 63.0 Å². The zero-order chi connectivity index (χ0) is 24.2. The molecular weight excluding hydrogens is 526 g/mol. The number of aromatic nitrogens is 1. The largest absolute Gasteiger partial charge is 0.489 e. The first-order chi connectivity index (χ1) is 17.1. The van der Waals surface area contributed by atoms with Crippen LogP contribution in [0.5, 0.6) is 5.75 Å². The van der Waals surface area contributed by atoms with Crippen molar-refractivity contribution in [2.75, 3.05) is 0 Å². The SMILES string of the molecule is O=C(c1cncc(Br)c1)N1N=C(c2ccc(Cl)cc2)CC1c1ccc(OCc2ccccc2)cc1. The highest BCUT2D eigenvalue weighted by Gasteiger charge is 2.34. The summed E-state index contributed by atoms with van der Waals surface area (Å²) in [6.07, 6.45) is 3.79. The highest BCUT2D eigenvalue weighted by Crippen LogP contribution is 2.35. The summed E-state index contributed by atoms with van der Waals surface area (Å²) >= 11 is 9.47. The lowest BCUT2D eigenvalue weighted by atomic mass is 9.98. The van der Waals surface area contributed by atoms with Crippen LogP contribution in [0.15, 0.2) is 107 Å². The normalized spacial score (nSPS) is 15.1. The molecule has 0 radical (unpaired) electrons. The highest BCUT2D eigenvalue weighted by atomic mass is 79.9. The van der Waals surface area contributed by atoms with E-state index in [0.29, 0.717) is 23.6 Å². The third-order valence-electron chi connectivity index (χ3n) is 5.76. The van der Waals surface area contributed by atoms with Gasteiger partial charge in [-0.3, -0.25) is 9.78 Å². The fourth-order valence-electron chi connectivity index (χ4n) is 3.96. The van der Waals surface area contributed by atoms with Gasteiger partial charge in [0.25, 0.3) is 5.91 Å². The Bertz CT molecular complexity index is 1360. The average molecular weight is 547 g/mol. The molecule has 0 fully saturated rings. The number of halogens is 2. The van der Waals surface area contributed by atoms with Gasteiger partial charge in [-0.25, -0.2) is 5.01 Å². The number of amides is 1. The Morgan fingerprint density at radius 2 is 1.74 bits per heavy atom. The zero-order valence-electron chi connectivity index (χ0n) is 18.6. The van der Waals surface area contributed by atoms with Crippen LogP contribution in [0.2, 0.25) is 5.02 Å². The molecule has 1 atom stereocenters. The maximum absolute atomic E-state index is 13.5. The van der Waals surface area contributed by atoms with Gasteiger partial charge in [0.2, 0.25) is 0 Å². The van der Waals surface area contributed by atoms with E-state index in [0.717, 1.165) is 32.6 Å². The molecule has 0 N–H and O–H groups in total. The van der Waals surface area contributed by atoms with E-state index in [1.807, 2.05) is 78.9 Å². The van der Waals surface area contributed by atoms with E-state index >= 15 is 0 Å². The minimum absolute atomic E-state index is 0.211. The van der Waals surface area contributed by atoms with E-state index in [2.05, 4.69) is 20.9 Å². The molecule has 2 heterocycles. The molecule has 5 nitrogen and oxygen atoms in total. The molecule has 4 aromatic rings. The number of nitrogens with zero attached hydrogens (tertiary/aromatic N) is 3. The van der Waals surface area contributed by atoms with Gasteiger partial charge in [-0.15, -0.1) is 0 Å². The zero-order valence-corrected chi connectivity index (χ0v) is 21.0. The number of hydrazone groups is 1. The molecular formula is C28H21BrClN3O2. The van der Waals surface area contributed by atoms with Crippen molar-refractivity contribution in [3.63, 3.8) is 0 Å². The fraction of sp³-hybridized carbons (Fsp3) is 0.107. The third kappa shape index (κ3) is 5.45. The summed E-state index contributed by atoms with van der Waals surface area (Å²) in [6.45, 7) is 0.494. The lowest BCUT2D eigenvalue weighted by Crippen LogP contribution is -2.27. The van der Waals surface area contributed by atoms with Gasteiger partial charge in [0.1, 0.15) is 12.4 Å². The molecule has 1 aromatic heterocycles. The van der Waals surface area contributed by atoms with Crippen molar-refractivity contribution in [3.8, 4) is 5.75 Å². The van der Waals surface area contributed by atoms with Crippen LogP contribution >= 0.6 is 27.5 Å². The van der Waals surface area contributed by atoms with E-state index in [-0.39, 0.29) is 11.9 Å². The predicted molar refractivity (Wildman–Crippen MR) is 141 cm³/mol. The number of hydrogen-bond acceptors (Lipinski definition) is 4. The third-order valence-corrected chi connectivity index (χ3v) is 6.45. The minimum atomic E-state index is -0.254. The van der Waals surface area contributed by atoms with Gasteiger partial charge in [0.15, 0.2) is 0 Å². The Morgan fingerprint density at radius 1 is 1.00 bits per heavy atom. The van der Waals surface area contributed by atoms with E-state index in [4.69, 9.17) is 21.4 Å². The Hall–Kier alpha value is -3.48. The van der Waals surface area contributed by atoms with Gasteiger partial charge < -0.3 is 4.74 Å². The lowest BCUT2D eigenvalue weighted by molar-refractivity contribution is 0.0710. The Balaban J connectivity index is 1.40. The van der Waals surface area contributed by atoms with Gasteiger partial charge in [-0.1, -0.05) is 66.2 Å². The van der Waals surface area contributed by atoms with Crippen molar-refractivity contribution in [2.24, 2.45) is 5.10 Å². The van der Waals surface area contributed by atoms with Gasteiger partial charge in [-0.2, -0.15) is 5.10 Å². The van der Waals surface area contributed by atoms with Gasteiger partial charge in [0.05, 0.1) is 17.3 Å². The van der Waals surface area contributed by atoms with Crippen LogP contribution in [-0.2, 0) is 6.61 Å². The predicted octanol–water partition coefficient (Wildman–Crippen LogP) is 7.07. The van der Waals surface area contributed by atoms with Crippen LogP contribution in [0, 0.1) is 0 Å². The van der Waals surface area contributed by atoms with Crippen LogP contribution in [0.25, 0.3) is 0 Å². The van der Waals surface area contributed by atoms with Crippen molar-refractivity contribution >= 4 is 39.1 Å². The van der Waals surface area contributed by atoms with Crippen molar-refractivity contribution in [1.29, 1.82) is 0 Å². The maximum Gasteiger partial charge on any atom is 0.276 e. The molecule has 0 aliphatic carbocycles. The quantitative estimate of drug-likeness (QED) is 0.260. The Kier molecular flexibility index (Phi) is 6.93. The standard InChI is InChI=1S/C28H21BrClN3O2/c29-23-14-22(16-31-17-23)28(34)33-27(15-26(32-33)20-6-10-24(30)11-7-20)21-8-12-25(13-9-21)35-18-19-4-2-1-3-5-19/h1-14,16-17,27H,15,18H2. The second-order valence-corrected chi connectivity index (χ2v) is 9.51. The van der Waals surface area contributed by atoms with Crippen LogP contribution in [0.1, 0.15) is 39.5 Å². The van der Waals surface area contributed by atoms with Gasteiger partial charge in [0, 0.05) is 28.3 Å². The molecule has 3 aromatic carbocycles. The summed E-state index contributed by atoms with van der Waals surface area (Å²) in [6, 6.07) is 26.9. The molecule has 0 saturated heterocycles. The summed E-state index contributed by atoms with van der Waals surface area (Å²) in [5, 5.41) is 6.94. The molecule has 5 rings (SSSR count). The van der Waals surface area contributed by atoms with Crippen molar-refractivity contribution in [3.05, 3.63) is 129 Å². The molecule has 1 aliphatic rings. The molecule has 174 valence electrons. The van der Waals surface area contributed by atoms with Crippen molar-refractivity contribution < 1.29 is 9.53 Å². The Morgan fingerprint density at radius 3 is 2.46 bits per heavy atom. The highest BCUT2D eigenvalue weighted by molar-refractivity contribution is 9.10. The number of carbonyl (C=O) groups is 1. The lowest BCUT2D eigenvalue weighted by Gasteiger charge is -2.22. The first-order valence-electron chi connectivity index (χ1n) is 11.1. The van der Waals surface area contributed by atoms with Gasteiger partial charge >= 0.3 is 0 Å². The molecule has 7 heteroatoms. The molecule has 1 amide bonds. The maximum atomic E-state index is 13.5. The molecule has 1 aliphatic heterocycles. The Labute approximate surface area is 217 Å². The molecule has 35 heavy (non-hydrogen) atoms. The number of benzene rings is 3. The molecule has 0 saturated carbocycles. The molecule has 0 spiro atoms. The van der Waals surface area contributed by atoms with Crippen LogP contribution in [-0.4, -0.2) is 21.6 Å². The second-order valence-electron chi connectivity index (χ2n) is 8.16. The number of carbonyl (C=O) groups excluding carboxylic acids is 1. The van der Waals surface area contributed by atoms with E-state index in [1.54, 1.807) is 23.5 Å². The monoisotopic (exact) mass is 545 g/mol. The number of ether oxygens (including phenoxy) is 1. The summed E-state index contributed by atoms with van der Waals surface area (Å²) in [5.41, 5.74) is 4.31. The minimum Gasteiger partial charge on any atom is -0.489 e. The summed E-state index contributed by atoms with van der Waals surface area (Å²) in [4.78, 5) is 17.6. The average Bonchev–Trinajstić information content (AvgIpc) is 3.34. The summed E-state index contributed by atoms with van der Waals surface area (Å²) < 4.78 is 6.67. The fourth-order valence-corrected chi connectivity index (χ4v) is 4.45. The first kappa shape index (κ1) is 23.3. The first-order valence-corrected chi connectivity index (χ1v) is 12.3. The van der Waals surface area contributed by atoms with E-state index in [1.165, 1.54) is 0 Å². The van der Waals surface area contributed by atoms with Crippen LogP contribution in [0.4, 0.5) is 0 Å². The molecule has 1 unspecified atom stereocenters. The topological polar surface area (TPSA) is 54.8 Å². The smallest absolute Gasteiger partial charge is 0.276 e. The van der Waals surface area contributed by atoms with Crippen LogP contribution in [0.3, 0.4) is 0 Å². The van der Waals surface area contributed by atoms with Crippen molar-refractivity contribution in [1.82, 2.24) is 9.99 Å². The van der Waals surface area contributed by atoms with E-state index < -0.39 is 0 Å². The number of pyridine rings is 1. The van der Waals surface area contributed by atoms with E-state index in [9.17, 15) is 4.79 Å². The number of rotatable bonds is 6. The summed E-state index contributed by atoms with van der Waals surface area (Å²) in [5.74, 6) is 0.556. The van der Waals surface area contributed by atoms with Crippen LogP contribution < -0.4 is 4.74 Å². The summed E-state index contributed by atoms with van der Waals surface area (Å²) in [7, 11) is 0. The second kappa shape index (κ2) is 10.4.